The normalized spacial score (nSPS) is 11.2. The highest BCUT2D eigenvalue weighted by Crippen LogP contribution is 2.21. The molecule has 0 radical (unpaired) electrons. The zero-order valence-corrected chi connectivity index (χ0v) is 14.0. The molecule has 6 nitrogen and oxygen atoms in total. The molecule has 20 heavy (non-hydrogen) atoms. The van der Waals surface area contributed by atoms with Gasteiger partial charge in [0.15, 0.2) is 4.34 Å². The summed E-state index contributed by atoms with van der Waals surface area (Å²) in [5.74, 6) is -0.00878. The van der Waals surface area contributed by atoms with Gasteiger partial charge in [-0.1, -0.05) is 23.1 Å². The van der Waals surface area contributed by atoms with E-state index in [0.717, 1.165) is 9.35 Å². The third kappa shape index (κ3) is 6.33. The first kappa shape index (κ1) is 16.9. The summed E-state index contributed by atoms with van der Waals surface area (Å²) >= 11 is 2.79. The number of amides is 2. The number of rotatable bonds is 5. The van der Waals surface area contributed by atoms with Crippen molar-refractivity contribution in [2.45, 2.75) is 37.6 Å². The van der Waals surface area contributed by atoms with E-state index in [-0.39, 0.29) is 29.7 Å². The highest BCUT2D eigenvalue weighted by atomic mass is 32.2. The average molecular weight is 316 g/mol. The minimum atomic E-state index is -0.292. The van der Waals surface area contributed by atoms with Gasteiger partial charge >= 0.3 is 0 Å². The Labute approximate surface area is 127 Å². The molecule has 0 bridgehead atoms. The van der Waals surface area contributed by atoms with Crippen LogP contribution in [0.2, 0.25) is 0 Å². The summed E-state index contributed by atoms with van der Waals surface area (Å²) in [4.78, 5) is 25.0. The lowest BCUT2D eigenvalue weighted by Crippen LogP contribution is -2.46. The lowest BCUT2D eigenvalue weighted by molar-refractivity contribution is -0.133. The van der Waals surface area contributed by atoms with Crippen molar-refractivity contribution >= 4 is 34.9 Å². The first-order chi connectivity index (χ1) is 9.17. The summed E-state index contributed by atoms with van der Waals surface area (Å²) in [5, 5.41) is 11.5. The van der Waals surface area contributed by atoms with Gasteiger partial charge in [0.1, 0.15) is 5.01 Å². The fraction of sp³-hybridized carbons (Fsp3) is 0.667. The van der Waals surface area contributed by atoms with E-state index in [4.69, 9.17) is 0 Å². The zero-order valence-electron chi connectivity index (χ0n) is 12.4. The van der Waals surface area contributed by atoms with Gasteiger partial charge < -0.3 is 10.2 Å². The predicted molar refractivity (Wildman–Crippen MR) is 80.9 cm³/mol. The molecule has 0 saturated carbocycles. The molecule has 0 aliphatic rings. The molecule has 1 rings (SSSR count). The molecule has 0 aliphatic heterocycles. The lowest BCUT2D eigenvalue weighted by atomic mass is 10.1. The topological polar surface area (TPSA) is 75.2 Å². The van der Waals surface area contributed by atoms with Crippen LogP contribution in [0.1, 0.15) is 25.8 Å². The second kappa shape index (κ2) is 7.03. The Kier molecular flexibility index (Phi) is 5.94. The fourth-order valence-electron chi connectivity index (χ4n) is 1.33. The van der Waals surface area contributed by atoms with Crippen LogP contribution >= 0.6 is 23.1 Å². The molecule has 0 aliphatic carbocycles. The van der Waals surface area contributed by atoms with Crippen molar-refractivity contribution in [1.29, 1.82) is 0 Å². The van der Waals surface area contributed by atoms with Gasteiger partial charge in [0.2, 0.25) is 11.8 Å². The van der Waals surface area contributed by atoms with Crippen LogP contribution in [0.25, 0.3) is 0 Å². The number of aromatic nitrogens is 2. The number of nitrogens with one attached hydrogen (secondary N) is 1. The van der Waals surface area contributed by atoms with E-state index in [9.17, 15) is 9.59 Å². The Hall–Kier alpha value is -1.15. The summed E-state index contributed by atoms with van der Waals surface area (Å²) in [6, 6.07) is 0. The van der Waals surface area contributed by atoms with E-state index in [1.165, 1.54) is 28.0 Å². The summed E-state index contributed by atoms with van der Waals surface area (Å²) < 4.78 is 0.767. The smallest absolute Gasteiger partial charge is 0.240 e. The number of aryl methyl sites for hydroxylation is 1. The minimum absolute atomic E-state index is 0.0613. The van der Waals surface area contributed by atoms with Gasteiger partial charge in [0, 0.05) is 12.6 Å². The number of carbonyl (C=O) groups is 2. The summed E-state index contributed by atoms with van der Waals surface area (Å²) in [5.41, 5.74) is -0.292. The van der Waals surface area contributed by atoms with Crippen molar-refractivity contribution < 1.29 is 9.59 Å². The van der Waals surface area contributed by atoms with E-state index in [1.54, 1.807) is 7.05 Å². The van der Waals surface area contributed by atoms with Gasteiger partial charge in [-0.2, -0.15) is 0 Å². The number of hydrogen-bond donors (Lipinski definition) is 1. The largest absolute Gasteiger partial charge is 0.350 e. The van der Waals surface area contributed by atoms with Crippen molar-refractivity contribution in [2.75, 3.05) is 19.3 Å². The average Bonchev–Trinajstić information content (AvgIpc) is 2.69. The van der Waals surface area contributed by atoms with Gasteiger partial charge in [0.25, 0.3) is 0 Å². The molecule has 1 N–H and O–H groups in total. The van der Waals surface area contributed by atoms with Crippen LogP contribution in [0, 0.1) is 6.92 Å². The summed E-state index contributed by atoms with van der Waals surface area (Å²) in [7, 11) is 1.62. The molecule has 0 spiro atoms. The van der Waals surface area contributed by atoms with Crippen LogP contribution in [0.4, 0.5) is 0 Å². The van der Waals surface area contributed by atoms with E-state index >= 15 is 0 Å². The quantitative estimate of drug-likeness (QED) is 0.829. The zero-order chi connectivity index (χ0) is 15.3. The molecular formula is C12H20N4O2S2. The summed E-state index contributed by atoms with van der Waals surface area (Å²) in [6.45, 7) is 7.64. The molecule has 1 heterocycles. The number of likely N-dealkylation sites (N-methyl/N-ethyl adjacent to an activating group) is 1. The maximum absolute atomic E-state index is 11.9. The number of nitrogens with zero attached hydrogens (tertiary/aromatic N) is 3. The van der Waals surface area contributed by atoms with Gasteiger partial charge in [-0.3, -0.25) is 9.59 Å². The monoisotopic (exact) mass is 316 g/mol. The Morgan fingerprint density at radius 3 is 2.50 bits per heavy atom. The maximum Gasteiger partial charge on any atom is 0.240 e. The highest BCUT2D eigenvalue weighted by Gasteiger charge is 2.18. The second-order valence-corrected chi connectivity index (χ2v) is 7.83. The van der Waals surface area contributed by atoms with Gasteiger partial charge in [-0.05, 0) is 27.7 Å². The predicted octanol–water partition coefficient (Wildman–Crippen LogP) is 1.31. The Morgan fingerprint density at radius 1 is 1.35 bits per heavy atom. The highest BCUT2D eigenvalue weighted by molar-refractivity contribution is 8.01. The molecular weight excluding hydrogens is 296 g/mol. The summed E-state index contributed by atoms with van der Waals surface area (Å²) in [6.07, 6.45) is 0. The molecule has 0 atom stereocenters. The maximum atomic E-state index is 11.9. The van der Waals surface area contributed by atoms with Crippen LogP contribution in [0.3, 0.4) is 0 Å². The first-order valence-electron chi connectivity index (χ1n) is 6.15. The van der Waals surface area contributed by atoms with Crippen LogP contribution in [0.5, 0.6) is 0 Å². The third-order valence-corrected chi connectivity index (χ3v) is 4.10. The van der Waals surface area contributed by atoms with E-state index in [2.05, 4.69) is 15.5 Å². The molecule has 1 aromatic heterocycles. The second-order valence-electron chi connectivity index (χ2n) is 5.42. The van der Waals surface area contributed by atoms with Crippen LogP contribution in [-0.4, -0.2) is 51.8 Å². The molecule has 8 heteroatoms. The lowest BCUT2D eigenvalue weighted by Gasteiger charge is -2.23. The minimum Gasteiger partial charge on any atom is -0.350 e. The van der Waals surface area contributed by atoms with Crippen molar-refractivity contribution in [1.82, 2.24) is 20.4 Å². The van der Waals surface area contributed by atoms with Crippen molar-refractivity contribution in [3.05, 3.63) is 5.01 Å². The SMILES string of the molecule is Cc1nnc(SCC(=O)N(C)CC(=O)NC(C)(C)C)s1. The molecule has 2 amide bonds. The van der Waals surface area contributed by atoms with Crippen molar-refractivity contribution in [2.24, 2.45) is 0 Å². The molecule has 0 fully saturated rings. The molecule has 0 unspecified atom stereocenters. The molecule has 0 aromatic carbocycles. The van der Waals surface area contributed by atoms with Crippen LogP contribution in [-0.2, 0) is 9.59 Å². The number of carbonyl (C=O) groups excluding carboxylic acids is 2. The third-order valence-electron chi connectivity index (χ3n) is 2.15. The van der Waals surface area contributed by atoms with Gasteiger partial charge in [-0.15, -0.1) is 10.2 Å². The van der Waals surface area contributed by atoms with E-state index < -0.39 is 0 Å². The van der Waals surface area contributed by atoms with Gasteiger partial charge in [-0.25, -0.2) is 0 Å². The Bertz CT molecular complexity index is 482. The Balaban J connectivity index is 2.37. The molecule has 0 saturated heterocycles. The molecule has 1 aromatic rings. The first-order valence-corrected chi connectivity index (χ1v) is 7.95. The van der Waals surface area contributed by atoms with E-state index in [1.807, 2.05) is 27.7 Å². The van der Waals surface area contributed by atoms with Gasteiger partial charge in [0.05, 0.1) is 12.3 Å². The van der Waals surface area contributed by atoms with Crippen molar-refractivity contribution in [3.8, 4) is 0 Å². The number of thioether (sulfide) groups is 1. The van der Waals surface area contributed by atoms with Crippen LogP contribution in [0.15, 0.2) is 4.34 Å². The molecule has 112 valence electrons. The standard InChI is InChI=1S/C12H20N4O2S2/c1-8-14-15-11(20-8)19-7-10(18)16(5)6-9(17)13-12(2,3)4/h6-7H2,1-5H3,(H,13,17). The van der Waals surface area contributed by atoms with Crippen molar-refractivity contribution in [3.63, 3.8) is 0 Å². The Morgan fingerprint density at radius 2 is 2.00 bits per heavy atom. The fourth-order valence-corrected chi connectivity index (χ4v) is 3.09. The number of hydrogen-bond acceptors (Lipinski definition) is 6. The van der Waals surface area contributed by atoms with E-state index in [0.29, 0.717) is 0 Å². The van der Waals surface area contributed by atoms with Crippen LogP contribution < -0.4 is 5.32 Å².